The van der Waals surface area contributed by atoms with Crippen molar-refractivity contribution in [2.24, 2.45) is 11.8 Å². The molecule has 3 aromatic carbocycles. The number of aliphatic carboxylic acids is 1. The zero-order valence-corrected chi connectivity index (χ0v) is 23.7. The van der Waals surface area contributed by atoms with Crippen LogP contribution in [0.3, 0.4) is 0 Å². The van der Waals surface area contributed by atoms with E-state index in [9.17, 15) is 19.1 Å². The van der Waals surface area contributed by atoms with Gasteiger partial charge < -0.3 is 19.5 Å². The fourth-order valence-corrected chi connectivity index (χ4v) is 6.22. The smallest absolute Gasteiger partial charge is 0.323 e. The third-order valence-corrected chi connectivity index (χ3v) is 8.23. The summed E-state index contributed by atoms with van der Waals surface area (Å²) in [5.74, 6) is -2.07. The van der Waals surface area contributed by atoms with Gasteiger partial charge in [0.05, 0.1) is 18.1 Å². The molecule has 2 aliphatic heterocycles. The van der Waals surface area contributed by atoms with Crippen molar-refractivity contribution < 1.29 is 28.6 Å². The molecule has 2 heterocycles. The van der Waals surface area contributed by atoms with Crippen LogP contribution in [-0.2, 0) is 27.3 Å². The first-order chi connectivity index (χ1) is 19.0. The predicted molar refractivity (Wildman–Crippen MR) is 150 cm³/mol. The SMILES string of the molecule is CC1(C)Oc2ccc(Cl)cc2[C@@H]2O[C@H](Cc3cccc(Cl)c3)[C@H](C(=O)N(CC(=O)O)Cc3ccc(F)cc3)C[C@H]21. The highest BCUT2D eigenvalue weighted by molar-refractivity contribution is 6.31. The third-order valence-electron chi connectivity index (χ3n) is 7.76. The average molecular weight is 586 g/mol. The number of halogens is 3. The van der Waals surface area contributed by atoms with E-state index in [4.69, 9.17) is 32.7 Å². The van der Waals surface area contributed by atoms with E-state index in [0.717, 1.165) is 11.1 Å². The Labute approximate surface area is 242 Å². The maximum absolute atomic E-state index is 14.2. The highest BCUT2D eigenvalue weighted by atomic mass is 35.5. The third kappa shape index (κ3) is 6.12. The molecule has 3 aromatic rings. The molecule has 210 valence electrons. The largest absolute Gasteiger partial charge is 0.487 e. The number of amides is 1. The number of carbonyl (C=O) groups is 2. The van der Waals surface area contributed by atoms with Crippen LogP contribution in [0, 0.1) is 17.7 Å². The number of hydrogen-bond donors (Lipinski definition) is 1. The standard InChI is InChI=1S/C31H30Cl2FNO5/c1-31(2)25-15-24(30(38)35(17-28(36)37)16-18-6-9-22(34)10-7-18)27(13-19-4-3-5-20(32)12-19)39-29(25)23-14-21(33)8-11-26(23)40-31/h3-12,14,24-25,27,29H,13,15-17H2,1-2H3,(H,36,37)/t24-,25-,27-,29+/m1/s1. The molecule has 4 atom stereocenters. The van der Waals surface area contributed by atoms with Crippen LogP contribution >= 0.6 is 23.2 Å². The van der Waals surface area contributed by atoms with Gasteiger partial charge >= 0.3 is 5.97 Å². The average Bonchev–Trinajstić information content (AvgIpc) is 2.89. The van der Waals surface area contributed by atoms with Crippen LogP contribution < -0.4 is 4.74 Å². The van der Waals surface area contributed by atoms with Gasteiger partial charge in [-0.2, -0.15) is 0 Å². The fourth-order valence-electron chi connectivity index (χ4n) is 5.83. The lowest BCUT2D eigenvalue weighted by Gasteiger charge is -2.51. The molecule has 40 heavy (non-hydrogen) atoms. The van der Waals surface area contributed by atoms with Crippen molar-refractivity contribution in [3.05, 3.63) is 99.3 Å². The van der Waals surface area contributed by atoms with Crippen LogP contribution in [0.4, 0.5) is 4.39 Å². The van der Waals surface area contributed by atoms with Gasteiger partial charge in [0, 0.05) is 28.1 Å². The minimum absolute atomic E-state index is 0.0260. The number of rotatable bonds is 7. The second-order valence-electron chi connectivity index (χ2n) is 11.0. The molecular formula is C31H30Cl2FNO5. The van der Waals surface area contributed by atoms with E-state index >= 15 is 0 Å². The maximum atomic E-state index is 14.2. The molecule has 0 radical (unpaired) electrons. The Morgan fingerprint density at radius 3 is 2.45 bits per heavy atom. The molecular weight excluding hydrogens is 556 g/mol. The van der Waals surface area contributed by atoms with Crippen molar-refractivity contribution in [3.63, 3.8) is 0 Å². The van der Waals surface area contributed by atoms with Gasteiger partial charge in [-0.05, 0) is 80.3 Å². The summed E-state index contributed by atoms with van der Waals surface area (Å²) in [6.45, 7) is 3.47. The molecule has 1 saturated heterocycles. The minimum Gasteiger partial charge on any atom is -0.487 e. The molecule has 1 amide bonds. The van der Waals surface area contributed by atoms with E-state index in [2.05, 4.69) is 0 Å². The van der Waals surface area contributed by atoms with Crippen LogP contribution in [-0.4, -0.2) is 40.1 Å². The lowest BCUT2D eigenvalue weighted by atomic mass is 9.71. The van der Waals surface area contributed by atoms with E-state index < -0.39 is 36.0 Å². The molecule has 2 aliphatic rings. The molecule has 6 nitrogen and oxygen atoms in total. The van der Waals surface area contributed by atoms with Gasteiger partial charge in [-0.25, -0.2) is 4.39 Å². The van der Waals surface area contributed by atoms with Crippen LogP contribution in [0.2, 0.25) is 10.0 Å². The van der Waals surface area contributed by atoms with Crippen molar-refractivity contribution in [2.45, 2.75) is 51.0 Å². The summed E-state index contributed by atoms with van der Waals surface area (Å²) >= 11 is 12.6. The van der Waals surface area contributed by atoms with Gasteiger partial charge in [-0.1, -0.05) is 47.5 Å². The van der Waals surface area contributed by atoms with Crippen LogP contribution in [0.1, 0.15) is 43.1 Å². The number of ether oxygens (including phenoxy) is 2. The second kappa shape index (κ2) is 11.4. The second-order valence-corrected chi connectivity index (χ2v) is 11.9. The Balaban J connectivity index is 1.52. The van der Waals surface area contributed by atoms with Gasteiger partial charge in [-0.15, -0.1) is 0 Å². The fraction of sp³-hybridized carbons (Fsp3) is 0.355. The predicted octanol–water partition coefficient (Wildman–Crippen LogP) is 6.72. The number of nitrogens with zero attached hydrogens (tertiary/aromatic N) is 1. The first-order valence-electron chi connectivity index (χ1n) is 13.1. The summed E-state index contributed by atoms with van der Waals surface area (Å²) in [6.07, 6.45) is -0.143. The quantitative estimate of drug-likeness (QED) is 0.333. The molecule has 0 saturated carbocycles. The topological polar surface area (TPSA) is 76.1 Å². The van der Waals surface area contributed by atoms with Crippen LogP contribution in [0.5, 0.6) is 5.75 Å². The number of hydrogen-bond acceptors (Lipinski definition) is 4. The van der Waals surface area contributed by atoms with Gasteiger partial charge in [0.25, 0.3) is 0 Å². The van der Waals surface area contributed by atoms with Gasteiger partial charge in [0.2, 0.25) is 5.91 Å². The minimum atomic E-state index is -1.14. The first-order valence-corrected chi connectivity index (χ1v) is 13.9. The summed E-state index contributed by atoms with van der Waals surface area (Å²) in [4.78, 5) is 27.3. The maximum Gasteiger partial charge on any atom is 0.323 e. The van der Waals surface area contributed by atoms with Gasteiger partial charge in [0.15, 0.2) is 0 Å². The lowest BCUT2D eigenvalue weighted by Crippen LogP contribution is -2.55. The van der Waals surface area contributed by atoms with E-state index in [1.807, 2.05) is 44.2 Å². The van der Waals surface area contributed by atoms with Crippen molar-refractivity contribution in [2.75, 3.05) is 6.54 Å². The number of carboxylic acids is 1. The summed E-state index contributed by atoms with van der Waals surface area (Å²) in [5.41, 5.74) is 1.68. The molecule has 5 rings (SSSR count). The Morgan fingerprint density at radius 1 is 1.02 bits per heavy atom. The van der Waals surface area contributed by atoms with E-state index in [-0.39, 0.29) is 24.5 Å². The highest BCUT2D eigenvalue weighted by Gasteiger charge is 2.52. The highest BCUT2D eigenvalue weighted by Crippen LogP contribution is 2.53. The lowest BCUT2D eigenvalue weighted by molar-refractivity contribution is -0.184. The monoisotopic (exact) mass is 585 g/mol. The molecule has 0 unspecified atom stereocenters. The van der Waals surface area contributed by atoms with E-state index in [1.165, 1.54) is 17.0 Å². The Morgan fingerprint density at radius 2 is 1.75 bits per heavy atom. The van der Waals surface area contributed by atoms with Crippen molar-refractivity contribution >= 4 is 35.1 Å². The van der Waals surface area contributed by atoms with Gasteiger partial charge in [0.1, 0.15) is 23.7 Å². The number of benzene rings is 3. The molecule has 9 heteroatoms. The van der Waals surface area contributed by atoms with Gasteiger partial charge in [-0.3, -0.25) is 9.59 Å². The Hall–Kier alpha value is -3.13. The van der Waals surface area contributed by atoms with Crippen LogP contribution in [0.15, 0.2) is 66.7 Å². The van der Waals surface area contributed by atoms with Crippen molar-refractivity contribution in [1.82, 2.24) is 4.90 Å². The summed E-state index contributed by atoms with van der Waals surface area (Å²) < 4.78 is 26.7. The molecule has 0 aromatic heterocycles. The Bertz CT molecular complexity index is 1410. The summed E-state index contributed by atoms with van der Waals surface area (Å²) in [6, 6.07) is 18.5. The number of carboxylic acid groups (broad SMARTS) is 1. The molecule has 0 bridgehead atoms. The number of fused-ring (bicyclic) bond motifs is 3. The van der Waals surface area contributed by atoms with E-state index in [0.29, 0.717) is 34.2 Å². The Kier molecular flexibility index (Phi) is 8.09. The van der Waals surface area contributed by atoms with Crippen LogP contribution in [0.25, 0.3) is 0 Å². The van der Waals surface area contributed by atoms with E-state index in [1.54, 1.807) is 24.3 Å². The first kappa shape index (κ1) is 28.4. The molecule has 0 aliphatic carbocycles. The normalized spacial score (nSPS) is 22.9. The van der Waals surface area contributed by atoms with Crippen molar-refractivity contribution in [3.8, 4) is 5.75 Å². The molecule has 1 fully saturated rings. The van der Waals surface area contributed by atoms with Crippen molar-refractivity contribution in [1.29, 1.82) is 0 Å². The summed E-state index contributed by atoms with van der Waals surface area (Å²) in [5, 5.41) is 10.8. The summed E-state index contributed by atoms with van der Waals surface area (Å²) in [7, 11) is 0. The zero-order valence-electron chi connectivity index (χ0n) is 22.1. The molecule has 1 N–H and O–H groups in total. The number of carbonyl (C=O) groups excluding carboxylic acids is 1. The zero-order chi connectivity index (χ0) is 28.6. The molecule has 0 spiro atoms.